The molecule has 1 spiro atoms. The van der Waals surface area contributed by atoms with Crippen LogP contribution in [0.25, 0.3) is 11.1 Å². The number of aromatic amines is 1. The highest BCUT2D eigenvalue weighted by Crippen LogP contribution is 2.42. The van der Waals surface area contributed by atoms with Crippen LogP contribution in [-0.2, 0) is 23.3 Å². The number of aryl methyl sites for hydroxylation is 2. The van der Waals surface area contributed by atoms with Gasteiger partial charge in [-0.15, -0.1) is 0 Å². The smallest absolute Gasteiger partial charge is 0.253 e. The number of benzene rings is 2. The molecule has 180 valence electrons. The molecule has 6 nitrogen and oxygen atoms in total. The Morgan fingerprint density at radius 1 is 0.971 bits per heavy atom. The van der Waals surface area contributed by atoms with Gasteiger partial charge in [0.15, 0.2) is 0 Å². The Morgan fingerprint density at radius 3 is 2.51 bits per heavy atom. The SMILES string of the molecule is Cc1cc(C)c(CNC(=O)c2cccc(-c3ccc4c(c3)CC(=O)NC43CCCCC3)c2)c(=O)[nH]1. The van der Waals surface area contributed by atoms with Gasteiger partial charge in [0.2, 0.25) is 5.91 Å². The molecule has 1 aliphatic carbocycles. The van der Waals surface area contributed by atoms with Crippen molar-refractivity contribution in [2.75, 3.05) is 0 Å². The molecule has 2 aliphatic rings. The fourth-order valence-corrected chi connectivity index (χ4v) is 5.70. The van der Waals surface area contributed by atoms with Crippen LogP contribution in [0.3, 0.4) is 0 Å². The Morgan fingerprint density at radius 2 is 1.74 bits per heavy atom. The highest BCUT2D eigenvalue weighted by molar-refractivity contribution is 5.95. The third kappa shape index (κ3) is 4.53. The number of aromatic nitrogens is 1. The summed E-state index contributed by atoms with van der Waals surface area (Å²) >= 11 is 0. The van der Waals surface area contributed by atoms with Gasteiger partial charge in [0.25, 0.3) is 11.5 Å². The van der Waals surface area contributed by atoms with E-state index in [-0.39, 0.29) is 29.5 Å². The second-order valence-electron chi connectivity index (χ2n) is 9.95. The van der Waals surface area contributed by atoms with E-state index in [1.54, 1.807) is 6.07 Å². The van der Waals surface area contributed by atoms with Crippen LogP contribution in [0.4, 0.5) is 0 Å². The predicted octanol–water partition coefficient (Wildman–Crippen LogP) is 4.42. The molecule has 1 aromatic heterocycles. The lowest BCUT2D eigenvalue weighted by Gasteiger charge is -2.42. The molecule has 1 aliphatic heterocycles. The number of carbonyl (C=O) groups is 2. The second-order valence-corrected chi connectivity index (χ2v) is 9.95. The van der Waals surface area contributed by atoms with Crippen molar-refractivity contribution in [3.63, 3.8) is 0 Å². The van der Waals surface area contributed by atoms with E-state index >= 15 is 0 Å². The standard InChI is InChI=1S/C29H31N3O3/c1-18-13-19(2)31-28(35)24(18)17-30-27(34)22-8-6-7-20(14-22)21-9-10-25-23(15-21)16-26(33)32-29(25)11-4-3-5-12-29/h6-10,13-15H,3-5,11-12,16-17H2,1-2H3,(H,30,34)(H,31,35)(H,32,33). The minimum atomic E-state index is -0.232. The first-order valence-corrected chi connectivity index (χ1v) is 12.4. The number of amides is 2. The van der Waals surface area contributed by atoms with Gasteiger partial charge in [0, 0.05) is 23.4 Å². The molecule has 3 N–H and O–H groups in total. The van der Waals surface area contributed by atoms with E-state index in [0.29, 0.717) is 17.5 Å². The number of nitrogens with one attached hydrogen (secondary N) is 3. The largest absolute Gasteiger partial charge is 0.348 e. The summed E-state index contributed by atoms with van der Waals surface area (Å²) in [6.07, 6.45) is 5.85. The maximum Gasteiger partial charge on any atom is 0.253 e. The molecule has 3 aromatic rings. The van der Waals surface area contributed by atoms with Crippen molar-refractivity contribution in [2.24, 2.45) is 0 Å². The zero-order valence-corrected chi connectivity index (χ0v) is 20.3. The van der Waals surface area contributed by atoms with Crippen LogP contribution in [0.2, 0.25) is 0 Å². The van der Waals surface area contributed by atoms with Crippen molar-refractivity contribution in [1.29, 1.82) is 0 Å². The third-order valence-corrected chi connectivity index (χ3v) is 7.44. The lowest BCUT2D eigenvalue weighted by atomic mass is 9.72. The van der Waals surface area contributed by atoms with Crippen LogP contribution in [0.15, 0.2) is 53.3 Å². The summed E-state index contributed by atoms with van der Waals surface area (Å²) < 4.78 is 0. The number of pyridine rings is 1. The van der Waals surface area contributed by atoms with Crippen molar-refractivity contribution in [2.45, 2.75) is 64.5 Å². The first kappa shape index (κ1) is 23.1. The summed E-state index contributed by atoms with van der Waals surface area (Å²) in [7, 11) is 0. The Bertz CT molecular complexity index is 1370. The van der Waals surface area contributed by atoms with Gasteiger partial charge in [-0.1, -0.05) is 49.6 Å². The average molecular weight is 470 g/mol. The molecule has 2 heterocycles. The van der Waals surface area contributed by atoms with Gasteiger partial charge in [-0.25, -0.2) is 0 Å². The van der Waals surface area contributed by atoms with Crippen molar-refractivity contribution >= 4 is 11.8 Å². The Balaban J connectivity index is 1.38. The topological polar surface area (TPSA) is 91.1 Å². The molecule has 2 aromatic carbocycles. The molecule has 1 fully saturated rings. The highest BCUT2D eigenvalue weighted by Gasteiger charge is 2.40. The number of hydrogen-bond donors (Lipinski definition) is 3. The Hall–Kier alpha value is -3.67. The number of fused-ring (bicyclic) bond motifs is 2. The quantitative estimate of drug-likeness (QED) is 0.528. The maximum atomic E-state index is 12.9. The zero-order chi connectivity index (χ0) is 24.6. The monoisotopic (exact) mass is 469 g/mol. The molecule has 0 saturated heterocycles. The van der Waals surface area contributed by atoms with E-state index in [1.165, 1.54) is 12.0 Å². The van der Waals surface area contributed by atoms with E-state index in [2.05, 4.69) is 33.8 Å². The van der Waals surface area contributed by atoms with Crippen LogP contribution in [-0.4, -0.2) is 16.8 Å². The number of rotatable bonds is 4. The highest BCUT2D eigenvalue weighted by atomic mass is 16.2. The Labute approximate surface area is 205 Å². The number of carbonyl (C=O) groups excluding carboxylic acids is 2. The molecule has 1 saturated carbocycles. The molecule has 6 heteroatoms. The summed E-state index contributed by atoms with van der Waals surface area (Å²) in [4.78, 5) is 40.5. The fourth-order valence-electron chi connectivity index (χ4n) is 5.70. The van der Waals surface area contributed by atoms with E-state index in [4.69, 9.17) is 0 Å². The second kappa shape index (κ2) is 9.17. The minimum absolute atomic E-state index is 0.0889. The van der Waals surface area contributed by atoms with Crippen molar-refractivity contribution in [3.05, 3.63) is 92.4 Å². The zero-order valence-electron chi connectivity index (χ0n) is 20.3. The summed E-state index contributed by atoms with van der Waals surface area (Å²) in [5.74, 6) is -0.143. The van der Waals surface area contributed by atoms with E-state index < -0.39 is 0 Å². The van der Waals surface area contributed by atoms with Crippen LogP contribution in [0.5, 0.6) is 0 Å². The molecule has 35 heavy (non-hydrogen) atoms. The predicted molar refractivity (Wildman–Crippen MR) is 136 cm³/mol. The van der Waals surface area contributed by atoms with Crippen LogP contribution >= 0.6 is 0 Å². The molecule has 0 radical (unpaired) electrons. The molecule has 0 bridgehead atoms. The first-order valence-electron chi connectivity index (χ1n) is 12.4. The van der Waals surface area contributed by atoms with Gasteiger partial charge < -0.3 is 15.6 Å². The van der Waals surface area contributed by atoms with Gasteiger partial charge in [-0.05, 0) is 72.7 Å². The Kier molecular flexibility index (Phi) is 6.05. The summed E-state index contributed by atoms with van der Waals surface area (Å²) in [5, 5.41) is 6.17. The summed E-state index contributed by atoms with van der Waals surface area (Å²) in [6.45, 7) is 3.88. The van der Waals surface area contributed by atoms with E-state index in [0.717, 1.165) is 53.6 Å². The van der Waals surface area contributed by atoms with Gasteiger partial charge in [-0.2, -0.15) is 0 Å². The third-order valence-electron chi connectivity index (χ3n) is 7.44. The van der Waals surface area contributed by atoms with Gasteiger partial charge >= 0.3 is 0 Å². The number of hydrogen-bond acceptors (Lipinski definition) is 3. The van der Waals surface area contributed by atoms with E-state index in [1.807, 2.05) is 38.1 Å². The van der Waals surface area contributed by atoms with Crippen LogP contribution < -0.4 is 16.2 Å². The molecular weight excluding hydrogens is 438 g/mol. The van der Waals surface area contributed by atoms with Crippen LogP contribution in [0, 0.1) is 13.8 Å². The first-order chi connectivity index (χ1) is 16.8. The molecule has 2 amide bonds. The van der Waals surface area contributed by atoms with Gasteiger partial charge in [-0.3, -0.25) is 14.4 Å². The molecule has 0 unspecified atom stereocenters. The van der Waals surface area contributed by atoms with Gasteiger partial charge in [0.05, 0.1) is 12.0 Å². The fraction of sp³-hybridized carbons (Fsp3) is 0.345. The molecule has 0 atom stereocenters. The lowest BCUT2D eigenvalue weighted by molar-refractivity contribution is -0.123. The van der Waals surface area contributed by atoms with Crippen LogP contribution in [0.1, 0.15) is 70.4 Å². The maximum absolute atomic E-state index is 12.9. The lowest BCUT2D eigenvalue weighted by Crippen LogP contribution is -2.51. The minimum Gasteiger partial charge on any atom is -0.348 e. The van der Waals surface area contributed by atoms with Gasteiger partial charge in [0.1, 0.15) is 0 Å². The van der Waals surface area contributed by atoms with Crippen molar-refractivity contribution in [1.82, 2.24) is 15.6 Å². The summed E-state index contributed by atoms with van der Waals surface area (Å²) in [5.41, 5.74) is 6.58. The van der Waals surface area contributed by atoms with Crippen molar-refractivity contribution in [3.8, 4) is 11.1 Å². The normalized spacial score (nSPS) is 16.5. The van der Waals surface area contributed by atoms with Crippen molar-refractivity contribution < 1.29 is 9.59 Å². The molecular formula is C29H31N3O3. The number of H-pyrrole nitrogens is 1. The average Bonchev–Trinajstić information content (AvgIpc) is 2.83. The molecule has 5 rings (SSSR count). The van der Waals surface area contributed by atoms with E-state index in [9.17, 15) is 14.4 Å². The summed E-state index contributed by atoms with van der Waals surface area (Å²) in [6, 6.07) is 15.7.